The Morgan fingerprint density at radius 2 is 2.00 bits per heavy atom. The Labute approximate surface area is 123 Å². The summed E-state index contributed by atoms with van der Waals surface area (Å²) < 4.78 is 38.1. The summed E-state index contributed by atoms with van der Waals surface area (Å²) in [5.41, 5.74) is 0.500. The van der Waals surface area contributed by atoms with E-state index in [1.165, 1.54) is 12.1 Å². The molecule has 0 heterocycles. The molecule has 1 aromatic rings. The van der Waals surface area contributed by atoms with Crippen molar-refractivity contribution in [3.8, 4) is 5.75 Å². The molecule has 1 aromatic carbocycles. The quantitative estimate of drug-likeness (QED) is 0.756. The fourth-order valence-corrected chi connectivity index (χ4v) is 2.43. The number of aliphatic hydroxyl groups excluding tert-OH is 1. The van der Waals surface area contributed by atoms with Crippen LogP contribution < -0.4 is 10.1 Å². The second-order valence-electron chi connectivity index (χ2n) is 5.21. The molecule has 21 heavy (non-hydrogen) atoms. The standard InChI is InChI=1S/C15H21F2NO3/c1-20-6-5-18-9-10-7-11(16)15(12(17)8-10)21-14-4-2-3-13(14)19/h7-8,13-14,18-19H,2-6,9H2,1H3. The largest absolute Gasteiger partial charge is 0.482 e. The molecule has 0 bridgehead atoms. The molecule has 1 saturated carbocycles. The molecule has 0 spiro atoms. The van der Waals surface area contributed by atoms with Gasteiger partial charge >= 0.3 is 0 Å². The van der Waals surface area contributed by atoms with Crippen LogP contribution in [0.2, 0.25) is 0 Å². The molecular formula is C15H21F2NO3. The van der Waals surface area contributed by atoms with Crippen molar-refractivity contribution >= 4 is 0 Å². The maximum absolute atomic E-state index is 14.0. The number of nitrogens with one attached hydrogen (secondary N) is 1. The van der Waals surface area contributed by atoms with Crippen molar-refractivity contribution in [2.45, 2.75) is 38.0 Å². The molecule has 0 aliphatic heterocycles. The summed E-state index contributed by atoms with van der Waals surface area (Å²) in [6.45, 7) is 1.49. The van der Waals surface area contributed by atoms with Gasteiger partial charge in [0.05, 0.1) is 12.7 Å². The van der Waals surface area contributed by atoms with Gasteiger partial charge in [-0.2, -0.15) is 0 Å². The zero-order valence-corrected chi connectivity index (χ0v) is 12.1. The molecule has 0 saturated heterocycles. The Balaban J connectivity index is 1.99. The molecule has 0 radical (unpaired) electrons. The molecular weight excluding hydrogens is 280 g/mol. The molecule has 1 fully saturated rings. The fraction of sp³-hybridized carbons (Fsp3) is 0.600. The van der Waals surface area contributed by atoms with E-state index in [1.54, 1.807) is 7.11 Å². The van der Waals surface area contributed by atoms with Crippen LogP contribution in [-0.4, -0.2) is 37.6 Å². The van der Waals surface area contributed by atoms with Gasteiger partial charge in [0.25, 0.3) is 0 Å². The summed E-state index contributed by atoms with van der Waals surface area (Å²) in [5.74, 6) is -1.88. The lowest BCUT2D eigenvalue weighted by molar-refractivity contribution is 0.0551. The first-order valence-electron chi connectivity index (χ1n) is 7.14. The molecule has 0 aromatic heterocycles. The molecule has 1 aliphatic carbocycles. The van der Waals surface area contributed by atoms with Gasteiger partial charge in [0, 0.05) is 20.2 Å². The highest BCUT2D eigenvalue weighted by Gasteiger charge is 2.29. The molecule has 2 N–H and O–H groups in total. The van der Waals surface area contributed by atoms with Crippen molar-refractivity contribution in [1.82, 2.24) is 5.32 Å². The molecule has 2 atom stereocenters. The Hall–Kier alpha value is -1.24. The summed E-state index contributed by atoms with van der Waals surface area (Å²) in [4.78, 5) is 0. The van der Waals surface area contributed by atoms with Crippen LogP contribution in [0.15, 0.2) is 12.1 Å². The maximum Gasteiger partial charge on any atom is 0.191 e. The monoisotopic (exact) mass is 301 g/mol. The number of benzene rings is 1. The smallest absolute Gasteiger partial charge is 0.191 e. The van der Waals surface area contributed by atoms with Gasteiger partial charge in [-0.05, 0) is 37.0 Å². The van der Waals surface area contributed by atoms with E-state index in [-0.39, 0.29) is 0 Å². The maximum atomic E-state index is 14.0. The topological polar surface area (TPSA) is 50.7 Å². The second kappa shape index (κ2) is 7.68. The summed E-state index contributed by atoms with van der Waals surface area (Å²) in [6.07, 6.45) is 0.839. The van der Waals surface area contributed by atoms with Crippen molar-refractivity contribution in [1.29, 1.82) is 0 Å². The first-order valence-corrected chi connectivity index (χ1v) is 7.14. The third-order valence-corrected chi connectivity index (χ3v) is 3.56. The van der Waals surface area contributed by atoms with Gasteiger partial charge in [-0.15, -0.1) is 0 Å². The lowest BCUT2D eigenvalue weighted by atomic mass is 10.2. The van der Waals surface area contributed by atoms with Crippen LogP contribution >= 0.6 is 0 Å². The SMILES string of the molecule is COCCNCc1cc(F)c(OC2CCCC2O)c(F)c1. The van der Waals surface area contributed by atoms with Crippen LogP contribution in [0.25, 0.3) is 0 Å². The Kier molecular flexibility index (Phi) is 5.90. The Morgan fingerprint density at radius 3 is 2.57 bits per heavy atom. The van der Waals surface area contributed by atoms with E-state index in [9.17, 15) is 13.9 Å². The van der Waals surface area contributed by atoms with Gasteiger partial charge < -0.3 is 19.9 Å². The van der Waals surface area contributed by atoms with Crippen molar-refractivity contribution in [2.24, 2.45) is 0 Å². The minimum atomic E-state index is -0.738. The van der Waals surface area contributed by atoms with Gasteiger partial charge in [0.2, 0.25) is 0 Å². The molecule has 118 valence electrons. The van der Waals surface area contributed by atoms with E-state index in [0.717, 1.165) is 6.42 Å². The van der Waals surface area contributed by atoms with Gasteiger partial charge in [-0.25, -0.2) is 8.78 Å². The number of hydrogen-bond donors (Lipinski definition) is 2. The van der Waals surface area contributed by atoms with Crippen LogP contribution in [-0.2, 0) is 11.3 Å². The zero-order chi connectivity index (χ0) is 15.2. The lowest BCUT2D eigenvalue weighted by Crippen LogP contribution is -2.26. The highest BCUT2D eigenvalue weighted by Crippen LogP contribution is 2.29. The van der Waals surface area contributed by atoms with Crippen molar-refractivity contribution in [3.63, 3.8) is 0 Å². The number of aliphatic hydroxyl groups is 1. The van der Waals surface area contributed by atoms with Crippen LogP contribution in [0.3, 0.4) is 0 Å². The van der Waals surface area contributed by atoms with E-state index in [0.29, 0.717) is 38.1 Å². The van der Waals surface area contributed by atoms with Gasteiger partial charge in [-0.3, -0.25) is 0 Å². The van der Waals surface area contributed by atoms with E-state index < -0.39 is 29.6 Å². The molecule has 1 aliphatic rings. The van der Waals surface area contributed by atoms with Crippen molar-refractivity contribution in [3.05, 3.63) is 29.3 Å². The van der Waals surface area contributed by atoms with E-state index in [4.69, 9.17) is 9.47 Å². The highest BCUT2D eigenvalue weighted by molar-refractivity contribution is 5.31. The van der Waals surface area contributed by atoms with Crippen LogP contribution in [0.4, 0.5) is 8.78 Å². The summed E-state index contributed by atoms with van der Waals surface area (Å²) >= 11 is 0. The highest BCUT2D eigenvalue weighted by atomic mass is 19.1. The molecule has 6 heteroatoms. The van der Waals surface area contributed by atoms with Crippen molar-refractivity contribution < 1.29 is 23.4 Å². The van der Waals surface area contributed by atoms with E-state index in [2.05, 4.69) is 5.32 Å². The predicted molar refractivity (Wildman–Crippen MR) is 74.2 cm³/mol. The third kappa shape index (κ3) is 4.36. The first-order chi connectivity index (χ1) is 10.1. The number of ether oxygens (including phenoxy) is 2. The molecule has 2 rings (SSSR count). The minimum Gasteiger partial charge on any atom is -0.482 e. The molecule has 2 unspecified atom stereocenters. The Bertz CT molecular complexity index is 447. The lowest BCUT2D eigenvalue weighted by Gasteiger charge is -2.18. The summed E-state index contributed by atoms with van der Waals surface area (Å²) in [5, 5.41) is 12.7. The van der Waals surface area contributed by atoms with Gasteiger partial charge in [0.15, 0.2) is 17.4 Å². The first kappa shape index (κ1) is 16.1. The van der Waals surface area contributed by atoms with E-state index >= 15 is 0 Å². The van der Waals surface area contributed by atoms with Crippen LogP contribution in [0.5, 0.6) is 5.75 Å². The average Bonchev–Trinajstić information content (AvgIpc) is 2.84. The summed E-state index contributed by atoms with van der Waals surface area (Å²) in [7, 11) is 1.59. The number of hydrogen-bond acceptors (Lipinski definition) is 4. The second-order valence-corrected chi connectivity index (χ2v) is 5.21. The number of methoxy groups -OCH3 is 1. The predicted octanol–water partition coefficient (Wildman–Crippen LogP) is 1.99. The van der Waals surface area contributed by atoms with Crippen LogP contribution in [0, 0.1) is 11.6 Å². The minimum absolute atomic E-state index is 0.351. The van der Waals surface area contributed by atoms with Gasteiger partial charge in [0.1, 0.15) is 6.10 Å². The van der Waals surface area contributed by atoms with Crippen LogP contribution in [0.1, 0.15) is 24.8 Å². The zero-order valence-electron chi connectivity index (χ0n) is 12.1. The summed E-state index contributed by atoms with van der Waals surface area (Å²) in [6, 6.07) is 2.50. The van der Waals surface area contributed by atoms with Crippen molar-refractivity contribution in [2.75, 3.05) is 20.3 Å². The van der Waals surface area contributed by atoms with E-state index in [1.807, 2.05) is 0 Å². The normalized spacial score (nSPS) is 21.7. The molecule has 4 nitrogen and oxygen atoms in total. The Morgan fingerprint density at radius 1 is 1.29 bits per heavy atom. The number of halogens is 2. The average molecular weight is 301 g/mol. The van der Waals surface area contributed by atoms with Gasteiger partial charge in [-0.1, -0.05) is 0 Å². The molecule has 0 amide bonds. The third-order valence-electron chi connectivity index (χ3n) is 3.56. The fourth-order valence-electron chi connectivity index (χ4n) is 2.43. The number of rotatable bonds is 7.